The van der Waals surface area contributed by atoms with Gasteiger partial charge in [0.2, 0.25) is 5.91 Å². The molecule has 5 rings (SSSR count). The largest absolute Gasteiger partial charge is 0.337 e. The van der Waals surface area contributed by atoms with Gasteiger partial charge in [-0.3, -0.25) is 14.7 Å². The zero-order chi connectivity index (χ0) is 21.0. The van der Waals surface area contributed by atoms with Crippen LogP contribution in [-0.2, 0) is 4.79 Å². The number of piperazine rings is 1. The van der Waals surface area contributed by atoms with Crippen LogP contribution in [0.1, 0.15) is 18.4 Å². The Morgan fingerprint density at radius 2 is 1.84 bits per heavy atom. The van der Waals surface area contributed by atoms with E-state index >= 15 is 0 Å². The Balaban J connectivity index is 1.33. The first kappa shape index (κ1) is 19.7. The summed E-state index contributed by atoms with van der Waals surface area (Å²) in [6.45, 7) is 4.75. The molecule has 31 heavy (non-hydrogen) atoms. The molecule has 0 spiro atoms. The Hall–Kier alpha value is -3.25. The third-order valence-corrected chi connectivity index (χ3v) is 6.00. The minimum absolute atomic E-state index is 0.0654. The van der Waals surface area contributed by atoms with Crippen LogP contribution in [-0.4, -0.2) is 63.2 Å². The standard InChI is InChI=1S/C25H27N5O/c31-24(29-15-13-28(14-16-29)18-20-8-9-20)11-10-22-19-30(23-6-2-1-3-7-23)27-25(22)21-5-4-12-26-17-21/h1-7,10-12,17,19-20H,8-9,13-16,18H2/b11-10+. The molecule has 6 nitrogen and oxygen atoms in total. The lowest BCUT2D eigenvalue weighted by Gasteiger charge is -2.34. The Kier molecular flexibility index (Phi) is 5.63. The van der Waals surface area contributed by atoms with Gasteiger partial charge in [0.1, 0.15) is 5.69 Å². The number of carbonyl (C=O) groups is 1. The average molecular weight is 414 g/mol. The van der Waals surface area contributed by atoms with Gasteiger partial charge in [0.05, 0.1) is 5.69 Å². The average Bonchev–Trinajstić information content (AvgIpc) is 3.54. The van der Waals surface area contributed by atoms with Crippen LogP contribution in [0.4, 0.5) is 0 Å². The summed E-state index contributed by atoms with van der Waals surface area (Å²) in [6, 6.07) is 13.9. The zero-order valence-electron chi connectivity index (χ0n) is 17.6. The highest BCUT2D eigenvalue weighted by Crippen LogP contribution is 2.30. The molecule has 0 N–H and O–H groups in total. The summed E-state index contributed by atoms with van der Waals surface area (Å²) < 4.78 is 1.85. The van der Waals surface area contributed by atoms with Crippen LogP contribution in [0.3, 0.4) is 0 Å². The van der Waals surface area contributed by atoms with Crippen LogP contribution in [0, 0.1) is 5.92 Å². The number of benzene rings is 1. The lowest BCUT2D eigenvalue weighted by Crippen LogP contribution is -2.48. The van der Waals surface area contributed by atoms with Gasteiger partial charge in [0.15, 0.2) is 0 Å². The van der Waals surface area contributed by atoms with Crippen molar-refractivity contribution in [2.45, 2.75) is 12.8 Å². The fourth-order valence-corrected chi connectivity index (χ4v) is 4.03. The van der Waals surface area contributed by atoms with Crippen molar-refractivity contribution in [2.24, 2.45) is 5.92 Å². The summed E-state index contributed by atoms with van der Waals surface area (Å²) >= 11 is 0. The molecular formula is C25H27N5O. The van der Waals surface area contributed by atoms with Gasteiger partial charge >= 0.3 is 0 Å². The number of pyridine rings is 1. The molecule has 158 valence electrons. The summed E-state index contributed by atoms with van der Waals surface area (Å²) in [4.78, 5) is 21.5. The van der Waals surface area contributed by atoms with E-state index < -0.39 is 0 Å². The zero-order valence-corrected chi connectivity index (χ0v) is 17.6. The van der Waals surface area contributed by atoms with E-state index in [4.69, 9.17) is 5.10 Å². The normalized spacial score (nSPS) is 17.4. The quantitative estimate of drug-likeness (QED) is 0.581. The molecule has 1 aromatic carbocycles. The minimum Gasteiger partial charge on any atom is -0.337 e. The molecule has 1 saturated heterocycles. The molecule has 3 aromatic rings. The van der Waals surface area contributed by atoms with Gasteiger partial charge in [-0.05, 0) is 49.1 Å². The van der Waals surface area contributed by atoms with Crippen molar-refractivity contribution < 1.29 is 4.79 Å². The number of para-hydroxylation sites is 1. The molecule has 3 heterocycles. The van der Waals surface area contributed by atoms with E-state index in [0.717, 1.165) is 54.6 Å². The predicted octanol–water partition coefficient (Wildman–Crippen LogP) is 3.50. The van der Waals surface area contributed by atoms with Crippen molar-refractivity contribution in [1.82, 2.24) is 24.6 Å². The van der Waals surface area contributed by atoms with Crippen molar-refractivity contribution in [3.63, 3.8) is 0 Å². The molecular weight excluding hydrogens is 386 g/mol. The molecule has 0 radical (unpaired) electrons. The number of carbonyl (C=O) groups excluding carboxylic acids is 1. The smallest absolute Gasteiger partial charge is 0.246 e. The molecule has 1 aliphatic heterocycles. The van der Waals surface area contributed by atoms with Crippen LogP contribution in [0.5, 0.6) is 0 Å². The van der Waals surface area contributed by atoms with E-state index in [2.05, 4.69) is 9.88 Å². The second kappa shape index (κ2) is 8.86. The van der Waals surface area contributed by atoms with Crippen molar-refractivity contribution in [1.29, 1.82) is 0 Å². The first-order valence-electron chi connectivity index (χ1n) is 11.0. The number of hydrogen-bond donors (Lipinski definition) is 0. The Labute approximate surface area is 182 Å². The number of rotatable bonds is 6. The van der Waals surface area contributed by atoms with Gasteiger partial charge in [-0.2, -0.15) is 5.10 Å². The molecule has 0 atom stereocenters. The molecule has 1 saturated carbocycles. The van der Waals surface area contributed by atoms with Crippen LogP contribution >= 0.6 is 0 Å². The third-order valence-electron chi connectivity index (χ3n) is 6.00. The van der Waals surface area contributed by atoms with E-state index in [0.29, 0.717) is 0 Å². The summed E-state index contributed by atoms with van der Waals surface area (Å²) in [5, 5.41) is 4.78. The van der Waals surface area contributed by atoms with Crippen LogP contribution in [0.25, 0.3) is 23.0 Å². The van der Waals surface area contributed by atoms with Crippen LogP contribution < -0.4 is 0 Å². The SMILES string of the molecule is O=C(/C=C/c1cn(-c2ccccc2)nc1-c1cccnc1)N1CCN(CC2CC2)CC1. The Morgan fingerprint density at radius 3 is 2.55 bits per heavy atom. The maximum absolute atomic E-state index is 12.8. The molecule has 2 aromatic heterocycles. The highest BCUT2D eigenvalue weighted by Gasteiger charge is 2.27. The maximum Gasteiger partial charge on any atom is 0.246 e. The van der Waals surface area contributed by atoms with Crippen molar-refractivity contribution >= 4 is 12.0 Å². The molecule has 1 amide bonds. The van der Waals surface area contributed by atoms with E-state index in [1.54, 1.807) is 18.5 Å². The number of aromatic nitrogens is 3. The Bertz CT molecular complexity index is 1050. The summed E-state index contributed by atoms with van der Waals surface area (Å²) in [5.74, 6) is 0.963. The molecule has 2 aliphatic rings. The van der Waals surface area contributed by atoms with E-state index in [1.165, 1.54) is 19.4 Å². The second-order valence-electron chi connectivity index (χ2n) is 8.36. The van der Waals surface area contributed by atoms with Crippen LogP contribution in [0.15, 0.2) is 67.1 Å². The summed E-state index contributed by atoms with van der Waals surface area (Å²) in [7, 11) is 0. The molecule has 0 bridgehead atoms. The highest BCUT2D eigenvalue weighted by atomic mass is 16.2. The first-order chi connectivity index (χ1) is 15.3. The lowest BCUT2D eigenvalue weighted by atomic mass is 10.1. The van der Waals surface area contributed by atoms with Gasteiger partial charge in [-0.1, -0.05) is 18.2 Å². The maximum atomic E-state index is 12.8. The van der Waals surface area contributed by atoms with Gasteiger partial charge in [-0.25, -0.2) is 4.68 Å². The minimum atomic E-state index is 0.0654. The number of nitrogens with zero attached hydrogens (tertiary/aromatic N) is 5. The van der Waals surface area contributed by atoms with E-state index in [9.17, 15) is 4.79 Å². The second-order valence-corrected chi connectivity index (χ2v) is 8.36. The molecule has 6 heteroatoms. The topological polar surface area (TPSA) is 54.3 Å². The van der Waals surface area contributed by atoms with E-state index in [1.807, 2.05) is 64.3 Å². The van der Waals surface area contributed by atoms with Crippen LogP contribution in [0.2, 0.25) is 0 Å². The highest BCUT2D eigenvalue weighted by molar-refractivity contribution is 5.93. The van der Waals surface area contributed by atoms with Gasteiger partial charge in [0.25, 0.3) is 0 Å². The fourth-order valence-electron chi connectivity index (χ4n) is 4.03. The molecule has 0 unspecified atom stereocenters. The summed E-state index contributed by atoms with van der Waals surface area (Å²) in [5.41, 5.74) is 3.62. The molecule has 2 fully saturated rings. The fraction of sp³-hybridized carbons (Fsp3) is 0.320. The monoisotopic (exact) mass is 413 g/mol. The predicted molar refractivity (Wildman–Crippen MR) is 122 cm³/mol. The van der Waals surface area contributed by atoms with Gasteiger partial charge in [0, 0.05) is 68.5 Å². The van der Waals surface area contributed by atoms with Crippen molar-refractivity contribution in [3.05, 3.63) is 72.7 Å². The van der Waals surface area contributed by atoms with Gasteiger partial charge in [-0.15, -0.1) is 0 Å². The van der Waals surface area contributed by atoms with Crippen molar-refractivity contribution in [3.8, 4) is 16.9 Å². The molecule has 1 aliphatic carbocycles. The third kappa shape index (κ3) is 4.75. The number of amides is 1. The van der Waals surface area contributed by atoms with E-state index in [-0.39, 0.29) is 5.91 Å². The lowest BCUT2D eigenvalue weighted by molar-refractivity contribution is -0.127. The Morgan fingerprint density at radius 1 is 1.03 bits per heavy atom. The van der Waals surface area contributed by atoms with Gasteiger partial charge < -0.3 is 4.90 Å². The van der Waals surface area contributed by atoms with Crippen molar-refractivity contribution in [2.75, 3.05) is 32.7 Å². The number of hydrogen-bond acceptors (Lipinski definition) is 4. The first-order valence-corrected chi connectivity index (χ1v) is 11.0. The summed E-state index contributed by atoms with van der Waals surface area (Å²) in [6.07, 6.45) is 11.8.